The molecule has 0 radical (unpaired) electrons. The van der Waals surface area contributed by atoms with Gasteiger partial charge in [0.25, 0.3) is 0 Å². The number of imidazole rings is 1. The zero-order valence-electron chi connectivity index (χ0n) is 15.3. The highest BCUT2D eigenvalue weighted by Crippen LogP contribution is 2.33. The zero-order chi connectivity index (χ0) is 19.1. The van der Waals surface area contributed by atoms with Gasteiger partial charge in [0.15, 0.2) is 17.4 Å². The molecule has 0 spiro atoms. The average molecular weight is 354 g/mol. The summed E-state index contributed by atoms with van der Waals surface area (Å²) in [6.07, 6.45) is -2.64. The summed E-state index contributed by atoms with van der Waals surface area (Å²) < 4.78 is 25.6. The standard InChI is InChI=1S/C15H23N5O5/c1-7(2)4-24-5-8-10(21)11(22)14(25-8)20-6-17-9-12(20)18-15(16)19-13(9)23-3/h6-8,10-11,14,21-22H,4-5H2,1-3H3,(H2,16,18,19)/t8-,10-,11+,14?/m1/s1/i7D. The summed E-state index contributed by atoms with van der Waals surface area (Å²) in [5, 5.41) is 20.7. The lowest BCUT2D eigenvalue weighted by Gasteiger charge is -2.16. The largest absolute Gasteiger partial charge is 0.479 e. The first-order chi connectivity index (χ1) is 12.2. The summed E-state index contributed by atoms with van der Waals surface area (Å²) in [5.41, 5.74) is 6.37. The first-order valence-corrected chi connectivity index (χ1v) is 7.84. The number of rotatable bonds is 6. The van der Waals surface area contributed by atoms with Gasteiger partial charge in [-0.3, -0.25) is 4.57 Å². The van der Waals surface area contributed by atoms with Gasteiger partial charge in [-0.1, -0.05) is 13.8 Å². The van der Waals surface area contributed by atoms with Crippen LogP contribution in [0.25, 0.3) is 11.2 Å². The molecule has 138 valence electrons. The van der Waals surface area contributed by atoms with Crippen molar-refractivity contribution >= 4 is 17.1 Å². The smallest absolute Gasteiger partial charge is 0.246 e. The van der Waals surface area contributed by atoms with E-state index in [2.05, 4.69) is 15.0 Å². The summed E-state index contributed by atoms with van der Waals surface area (Å²) in [7, 11) is 1.44. The van der Waals surface area contributed by atoms with E-state index in [-0.39, 0.29) is 25.0 Å². The second-order valence-corrected chi connectivity index (χ2v) is 6.18. The molecular formula is C15H23N5O5. The number of anilines is 1. The lowest BCUT2D eigenvalue weighted by Crippen LogP contribution is -2.34. The Kier molecular flexibility index (Phi) is 4.66. The molecule has 3 rings (SSSR count). The van der Waals surface area contributed by atoms with Gasteiger partial charge in [0.05, 0.1) is 20.0 Å². The van der Waals surface area contributed by atoms with Crippen molar-refractivity contribution in [2.45, 2.75) is 38.4 Å². The number of aliphatic hydroxyl groups is 2. The topological polar surface area (TPSA) is 138 Å². The molecule has 0 amide bonds. The summed E-state index contributed by atoms with van der Waals surface area (Å²) in [4.78, 5) is 12.3. The monoisotopic (exact) mass is 354 g/mol. The Balaban J connectivity index is 1.81. The fraction of sp³-hybridized carbons (Fsp3) is 0.667. The summed E-state index contributed by atoms with van der Waals surface area (Å²) in [6.45, 7) is 3.65. The van der Waals surface area contributed by atoms with Crippen molar-refractivity contribution in [3.63, 3.8) is 0 Å². The maximum absolute atomic E-state index is 10.4. The van der Waals surface area contributed by atoms with Gasteiger partial charge in [0.1, 0.15) is 18.3 Å². The van der Waals surface area contributed by atoms with Gasteiger partial charge < -0.3 is 30.2 Å². The molecule has 1 unspecified atom stereocenters. The van der Waals surface area contributed by atoms with Crippen molar-refractivity contribution in [1.82, 2.24) is 19.5 Å². The van der Waals surface area contributed by atoms with Crippen molar-refractivity contribution < 1.29 is 25.8 Å². The minimum absolute atomic E-state index is 0.0123. The van der Waals surface area contributed by atoms with E-state index in [0.717, 1.165) is 0 Å². The van der Waals surface area contributed by atoms with Gasteiger partial charge >= 0.3 is 0 Å². The molecule has 0 aliphatic carbocycles. The van der Waals surface area contributed by atoms with Gasteiger partial charge in [-0.05, 0) is 5.89 Å². The molecular weight excluding hydrogens is 330 g/mol. The first kappa shape index (κ1) is 16.5. The number of hydrogen-bond acceptors (Lipinski definition) is 9. The van der Waals surface area contributed by atoms with Gasteiger partial charge in [-0.2, -0.15) is 9.97 Å². The summed E-state index contributed by atoms with van der Waals surface area (Å²) in [5.74, 6) is -0.564. The molecule has 10 nitrogen and oxygen atoms in total. The number of methoxy groups -OCH3 is 1. The molecule has 0 bridgehead atoms. The van der Waals surface area contributed by atoms with Crippen molar-refractivity contribution in [2.75, 3.05) is 26.1 Å². The Bertz CT molecular complexity index is 780. The van der Waals surface area contributed by atoms with Crippen LogP contribution < -0.4 is 10.5 Å². The maximum atomic E-state index is 10.4. The summed E-state index contributed by atoms with van der Waals surface area (Å²) >= 11 is 0. The lowest BCUT2D eigenvalue weighted by molar-refractivity contribution is -0.0682. The maximum Gasteiger partial charge on any atom is 0.246 e. The van der Waals surface area contributed by atoms with Crippen LogP contribution in [0.5, 0.6) is 5.88 Å². The molecule has 1 aliphatic heterocycles. The van der Waals surface area contributed by atoms with Crippen molar-refractivity contribution in [1.29, 1.82) is 0 Å². The molecule has 0 saturated carbocycles. The predicted octanol–water partition coefficient (Wildman–Crippen LogP) is -0.291. The number of aromatic nitrogens is 4. The number of aliphatic hydroxyl groups excluding tert-OH is 2. The van der Waals surface area contributed by atoms with Crippen LogP contribution in [0.3, 0.4) is 0 Å². The SMILES string of the molecule is [2H]C(C)(C)COC[C@H]1OC(n2cnc3c(OC)nc(N)nc32)[C@@H](O)[C@@H]1O. The van der Waals surface area contributed by atoms with E-state index in [9.17, 15) is 10.2 Å². The number of nitrogen functional groups attached to an aromatic ring is 1. The van der Waals surface area contributed by atoms with Crippen LogP contribution in [0.1, 0.15) is 21.4 Å². The third-order valence-corrected chi connectivity index (χ3v) is 3.88. The highest BCUT2D eigenvalue weighted by Gasteiger charge is 2.44. The molecule has 4 atom stereocenters. The Morgan fingerprint density at radius 1 is 1.40 bits per heavy atom. The zero-order valence-corrected chi connectivity index (χ0v) is 14.3. The van der Waals surface area contributed by atoms with Gasteiger partial charge in [-0.15, -0.1) is 0 Å². The second-order valence-electron chi connectivity index (χ2n) is 6.18. The number of fused-ring (bicyclic) bond motifs is 1. The molecule has 25 heavy (non-hydrogen) atoms. The Labute approximate surface area is 146 Å². The summed E-state index contributed by atoms with van der Waals surface area (Å²) in [6, 6.07) is 0. The normalized spacial score (nSPS) is 27.6. The third-order valence-electron chi connectivity index (χ3n) is 3.88. The van der Waals surface area contributed by atoms with Crippen LogP contribution in [0.15, 0.2) is 6.33 Å². The fourth-order valence-corrected chi connectivity index (χ4v) is 2.71. The van der Waals surface area contributed by atoms with E-state index in [1.54, 1.807) is 13.8 Å². The van der Waals surface area contributed by atoms with Crippen LogP contribution in [0.2, 0.25) is 0 Å². The average Bonchev–Trinajstić information content (AvgIpc) is 3.09. The highest BCUT2D eigenvalue weighted by atomic mass is 16.6. The fourth-order valence-electron chi connectivity index (χ4n) is 2.71. The minimum Gasteiger partial charge on any atom is -0.479 e. The minimum atomic E-state index is -1.22. The second kappa shape index (κ2) is 7.08. The first-order valence-electron chi connectivity index (χ1n) is 8.34. The quantitative estimate of drug-likeness (QED) is 0.638. The molecule has 1 fully saturated rings. The van der Waals surface area contributed by atoms with Crippen LogP contribution in [0, 0.1) is 5.89 Å². The van der Waals surface area contributed by atoms with Crippen molar-refractivity contribution in [2.24, 2.45) is 5.89 Å². The van der Waals surface area contributed by atoms with Gasteiger partial charge in [0.2, 0.25) is 11.8 Å². The van der Waals surface area contributed by atoms with E-state index >= 15 is 0 Å². The molecule has 2 aromatic rings. The Hall–Kier alpha value is -2.01. The molecule has 1 aliphatic rings. The Morgan fingerprint density at radius 2 is 2.16 bits per heavy atom. The lowest BCUT2D eigenvalue weighted by atomic mass is 10.1. The number of nitrogens with zero attached hydrogens (tertiary/aromatic N) is 4. The third kappa shape index (κ3) is 3.38. The predicted molar refractivity (Wildman–Crippen MR) is 87.9 cm³/mol. The number of nitrogens with two attached hydrogens (primary N) is 1. The van der Waals surface area contributed by atoms with E-state index < -0.39 is 30.4 Å². The van der Waals surface area contributed by atoms with E-state index in [1.807, 2.05) is 0 Å². The van der Waals surface area contributed by atoms with Crippen molar-refractivity contribution in [3.8, 4) is 5.88 Å². The van der Waals surface area contributed by atoms with Crippen LogP contribution >= 0.6 is 0 Å². The van der Waals surface area contributed by atoms with Crippen LogP contribution in [-0.4, -0.2) is 68.4 Å². The highest BCUT2D eigenvalue weighted by molar-refractivity contribution is 5.77. The molecule has 0 aromatic carbocycles. The molecule has 3 heterocycles. The van der Waals surface area contributed by atoms with Crippen molar-refractivity contribution in [3.05, 3.63) is 6.33 Å². The van der Waals surface area contributed by atoms with Crippen LogP contribution in [-0.2, 0) is 9.47 Å². The van der Waals surface area contributed by atoms with Crippen LogP contribution in [0.4, 0.5) is 5.95 Å². The number of ether oxygens (including phenoxy) is 3. The van der Waals surface area contributed by atoms with E-state index in [0.29, 0.717) is 11.2 Å². The molecule has 10 heteroatoms. The molecule has 2 aromatic heterocycles. The van der Waals surface area contributed by atoms with E-state index in [1.165, 1.54) is 18.0 Å². The number of hydrogen-bond donors (Lipinski definition) is 3. The molecule has 4 N–H and O–H groups in total. The van der Waals surface area contributed by atoms with E-state index in [4.69, 9.17) is 21.3 Å². The Morgan fingerprint density at radius 3 is 2.84 bits per heavy atom. The molecule has 1 saturated heterocycles. The van der Waals surface area contributed by atoms with Gasteiger partial charge in [-0.25, -0.2) is 4.98 Å². The van der Waals surface area contributed by atoms with Gasteiger partial charge in [0, 0.05) is 7.98 Å².